The van der Waals surface area contributed by atoms with Gasteiger partial charge in [-0.2, -0.15) is 0 Å². The summed E-state index contributed by atoms with van der Waals surface area (Å²) in [6, 6.07) is 6.44. The molecule has 1 aromatic rings. The molecule has 0 radical (unpaired) electrons. The first-order valence-corrected chi connectivity index (χ1v) is 6.97. The normalized spacial score (nSPS) is 11.9. The quantitative estimate of drug-likeness (QED) is 0.819. The summed E-state index contributed by atoms with van der Waals surface area (Å²) in [5, 5.41) is 3.33. The summed E-state index contributed by atoms with van der Waals surface area (Å²) in [4.78, 5) is 2.34. The predicted molar refractivity (Wildman–Crippen MR) is 81.8 cm³/mol. The predicted octanol–water partition coefficient (Wildman–Crippen LogP) is 2.82. The summed E-state index contributed by atoms with van der Waals surface area (Å²) in [6.07, 6.45) is 0. The molecule has 3 heteroatoms. The zero-order valence-electron chi connectivity index (χ0n) is 13.2. The van der Waals surface area contributed by atoms with Crippen molar-refractivity contribution in [1.29, 1.82) is 0 Å². The molecule has 0 aliphatic heterocycles. The molecule has 108 valence electrons. The molecule has 0 amide bonds. The van der Waals surface area contributed by atoms with Gasteiger partial charge in [-0.1, -0.05) is 12.1 Å². The lowest BCUT2D eigenvalue weighted by atomic mass is 10.0. The van der Waals surface area contributed by atoms with Crippen LogP contribution in [0.3, 0.4) is 0 Å². The topological polar surface area (TPSA) is 24.5 Å². The van der Waals surface area contributed by atoms with Crippen LogP contribution in [0.1, 0.15) is 31.9 Å². The molecule has 0 atom stereocenters. The molecule has 1 rings (SSSR count). The van der Waals surface area contributed by atoms with Crippen molar-refractivity contribution in [3.63, 3.8) is 0 Å². The van der Waals surface area contributed by atoms with Crippen molar-refractivity contribution < 1.29 is 4.74 Å². The van der Waals surface area contributed by atoms with Gasteiger partial charge in [0, 0.05) is 18.6 Å². The Morgan fingerprint density at radius 1 is 1.32 bits per heavy atom. The van der Waals surface area contributed by atoms with Crippen LogP contribution in [0.15, 0.2) is 18.2 Å². The molecule has 0 fully saturated rings. The Labute approximate surface area is 118 Å². The van der Waals surface area contributed by atoms with Gasteiger partial charge in [-0.15, -0.1) is 0 Å². The van der Waals surface area contributed by atoms with E-state index in [4.69, 9.17) is 4.74 Å². The first-order valence-electron chi connectivity index (χ1n) is 6.97. The number of benzene rings is 1. The van der Waals surface area contributed by atoms with Gasteiger partial charge in [0.05, 0.1) is 6.61 Å². The maximum Gasteiger partial charge on any atom is 0.122 e. The lowest BCUT2D eigenvalue weighted by Crippen LogP contribution is -2.46. The Kier molecular flexibility index (Phi) is 5.83. The number of rotatable bonds is 7. The van der Waals surface area contributed by atoms with Crippen molar-refractivity contribution in [1.82, 2.24) is 10.2 Å². The third-order valence-corrected chi connectivity index (χ3v) is 3.33. The number of nitrogens with zero attached hydrogens (tertiary/aromatic N) is 1. The molecule has 0 bridgehead atoms. The van der Waals surface area contributed by atoms with E-state index in [0.717, 1.165) is 25.4 Å². The van der Waals surface area contributed by atoms with Gasteiger partial charge in [0.1, 0.15) is 5.75 Å². The summed E-state index contributed by atoms with van der Waals surface area (Å²) < 4.78 is 5.57. The summed E-state index contributed by atoms with van der Waals surface area (Å²) >= 11 is 0. The van der Waals surface area contributed by atoms with Gasteiger partial charge in [0.2, 0.25) is 0 Å². The van der Waals surface area contributed by atoms with E-state index >= 15 is 0 Å². The van der Waals surface area contributed by atoms with Crippen molar-refractivity contribution in [3.05, 3.63) is 29.3 Å². The van der Waals surface area contributed by atoms with Crippen molar-refractivity contribution in [2.24, 2.45) is 0 Å². The van der Waals surface area contributed by atoms with Gasteiger partial charge >= 0.3 is 0 Å². The number of nitrogens with one attached hydrogen (secondary N) is 1. The summed E-state index contributed by atoms with van der Waals surface area (Å²) in [5.74, 6) is 0.990. The van der Waals surface area contributed by atoms with Crippen molar-refractivity contribution >= 4 is 0 Å². The molecule has 1 aromatic carbocycles. The van der Waals surface area contributed by atoms with E-state index in [1.54, 1.807) is 0 Å². The van der Waals surface area contributed by atoms with E-state index in [9.17, 15) is 0 Å². The van der Waals surface area contributed by atoms with E-state index in [0.29, 0.717) is 0 Å². The smallest absolute Gasteiger partial charge is 0.122 e. The van der Waals surface area contributed by atoms with Crippen molar-refractivity contribution in [3.8, 4) is 5.75 Å². The molecule has 3 nitrogen and oxygen atoms in total. The first kappa shape index (κ1) is 16.0. The number of likely N-dealkylation sites (N-methyl/N-ethyl adjacent to an activating group) is 2. The van der Waals surface area contributed by atoms with Crippen LogP contribution >= 0.6 is 0 Å². The van der Waals surface area contributed by atoms with Crippen LogP contribution in [0.5, 0.6) is 5.75 Å². The maximum absolute atomic E-state index is 5.57. The van der Waals surface area contributed by atoms with E-state index in [-0.39, 0.29) is 5.54 Å². The van der Waals surface area contributed by atoms with Crippen molar-refractivity contribution in [2.45, 2.75) is 39.8 Å². The Morgan fingerprint density at radius 3 is 2.53 bits per heavy atom. The van der Waals surface area contributed by atoms with Gasteiger partial charge in [0.15, 0.2) is 0 Å². The molecule has 0 aliphatic carbocycles. The average molecular weight is 264 g/mol. The number of hydrogen-bond donors (Lipinski definition) is 1. The van der Waals surface area contributed by atoms with Gasteiger partial charge < -0.3 is 15.0 Å². The van der Waals surface area contributed by atoms with Crippen LogP contribution < -0.4 is 10.1 Å². The number of aryl methyl sites for hydroxylation is 1. The second-order valence-electron chi connectivity index (χ2n) is 5.84. The maximum atomic E-state index is 5.57. The SMILES string of the molecule is CCOc1ccc(CN(C)CC(C)(C)NC)cc1C. The highest BCUT2D eigenvalue weighted by atomic mass is 16.5. The monoisotopic (exact) mass is 264 g/mol. The lowest BCUT2D eigenvalue weighted by molar-refractivity contribution is 0.238. The molecule has 0 saturated heterocycles. The molecular formula is C16H28N2O. The molecule has 0 saturated carbocycles. The second-order valence-corrected chi connectivity index (χ2v) is 5.84. The van der Waals surface area contributed by atoms with Crippen LogP contribution in [-0.2, 0) is 6.54 Å². The molecule has 0 aliphatic rings. The highest BCUT2D eigenvalue weighted by Gasteiger charge is 2.17. The Bertz CT molecular complexity index is 402. The Balaban J connectivity index is 2.65. The largest absolute Gasteiger partial charge is 0.494 e. The zero-order valence-corrected chi connectivity index (χ0v) is 13.2. The molecule has 0 aromatic heterocycles. The summed E-state index contributed by atoms with van der Waals surface area (Å²) in [6.45, 7) is 11.2. The number of ether oxygens (including phenoxy) is 1. The van der Waals surface area contributed by atoms with Gasteiger partial charge in [0.25, 0.3) is 0 Å². The van der Waals surface area contributed by atoms with E-state index in [1.807, 2.05) is 14.0 Å². The molecule has 0 heterocycles. The Hall–Kier alpha value is -1.06. The molecule has 0 unspecified atom stereocenters. The average Bonchev–Trinajstić information content (AvgIpc) is 2.32. The van der Waals surface area contributed by atoms with Crippen LogP contribution in [0.4, 0.5) is 0 Å². The summed E-state index contributed by atoms with van der Waals surface area (Å²) in [5.41, 5.74) is 2.67. The molecule has 19 heavy (non-hydrogen) atoms. The minimum Gasteiger partial charge on any atom is -0.494 e. The molecule has 1 N–H and O–H groups in total. The fourth-order valence-electron chi connectivity index (χ4n) is 2.25. The van der Waals surface area contributed by atoms with E-state index < -0.39 is 0 Å². The third-order valence-electron chi connectivity index (χ3n) is 3.33. The minimum absolute atomic E-state index is 0.134. The van der Waals surface area contributed by atoms with Crippen LogP contribution in [0.25, 0.3) is 0 Å². The molecular weight excluding hydrogens is 236 g/mol. The Morgan fingerprint density at radius 2 is 2.00 bits per heavy atom. The number of hydrogen-bond acceptors (Lipinski definition) is 3. The van der Waals surface area contributed by atoms with Crippen LogP contribution in [0.2, 0.25) is 0 Å². The zero-order chi connectivity index (χ0) is 14.5. The van der Waals surface area contributed by atoms with E-state index in [1.165, 1.54) is 11.1 Å². The fraction of sp³-hybridized carbons (Fsp3) is 0.625. The standard InChI is InChI=1S/C16H28N2O/c1-7-19-15-9-8-14(10-13(15)2)11-18(6)12-16(3,4)17-5/h8-10,17H,7,11-12H2,1-6H3. The van der Waals surface area contributed by atoms with Crippen LogP contribution in [0, 0.1) is 6.92 Å². The first-order chi connectivity index (χ1) is 8.88. The van der Waals surface area contributed by atoms with Gasteiger partial charge in [-0.25, -0.2) is 0 Å². The molecule has 0 spiro atoms. The minimum atomic E-state index is 0.134. The van der Waals surface area contributed by atoms with Crippen molar-refractivity contribution in [2.75, 3.05) is 27.2 Å². The van der Waals surface area contributed by atoms with Gasteiger partial charge in [-0.3, -0.25) is 0 Å². The van der Waals surface area contributed by atoms with E-state index in [2.05, 4.69) is 56.2 Å². The summed E-state index contributed by atoms with van der Waals surface area (Å²) in [7, 11) is 4.17. The van der Waals surface area contributed by atoms with Gasteiger partial charge in [-0.05, 0) is 59.0 Å². The highest BCUT2D eigenvalue weighted by Crippen LogP contribution is 2.20. The fourth-order valence-corrected chi connectivity index (χ4v) is 2.25. The lowest BCUT2D eigenvalue weighted by Gasteiger charge is -2.30. The third kappa shape index (κ3) is 5.21. The highest BCUT2D eigenvalue weighted by molar-refractivity contribution is 5.36. The van der Waals surface area contributed by atoms with Crippen LogP contribution in [-0.4, -0.2) is 37.7 Å². The second kappa shape index (κ2) is 6.92.